The highest BCUT2D eigenvalue weighted by atomic mass is 35.5. The van der Waals surface area contributed by atoms with Gasteiger partial charge in [-0.15, -0.1) is 0 Å². The SMILES string of the molecule is CC(C)n1nc(Cl)c2cc(COc3ccc4c(c3)OCC(CN3CCC[C@@H](C(=O)O)C3)=C4)ccc21. The average Bonchev–Trinajstić information content (AvgIpc) is 3.19. The Morgan fingerprint density at radius 1 is 1.29 bits per heavy atom. The van der Waals surface area contributed by atoms with Crippen molar-refractivity contribution in [2.24, 2.45) is 5.92 Å². The van der Waals surface area contributed by atoms with Gasteiger partial charge in [0.15, 0.2) is 5.15 Å². The molecule has 1 saturated heterocycles. The molecule has 0 spiro atoms. The van der Waals surface area contributed by atoms with Gasteiger partial charge in [-0.2, -0.15) is 5.10 Å². The number of likely N-dealkylation sites (tertiary alicyclic amines) is 1. The van der Waals surface area contributed by atoms with E-state index in [4.69, 9.17) is 21.1 Å². The summed E-state index contributed by atoms with van der Waals surface area (Å²) in [5.41, 5.74) is 4.20. The second-order valence-electron chi connectivity index (χ2n) is 9.67. The average molecular weight is 496 g/mol. The molecule has 1 aromatic heterocycles. The van der Waals surface area contributed by atoms with Crippen LogP contribution in [0.4, 0.5) is 0 Å². The van der Waals surface area contributed by atoms with E-state index in [0.717, 1.165) is 65.0 Å². The van der Waals surface area contributed by atoms with E-state index in [9.17, 15) is 9.90 Å². The predicted molar refractivity (Wildman–Crippen MR) is 136 cm³/mol. The van der Waals surface area contributed by atoms with Gasteiger partial charge in [-0.1, -0.05) is 17.7 Å². The zero-order valence-electron chi connectivity index (χ0n) is 20.0. The molecule has 184 valence electrons. The monoisotopic (exact) mass is 495 g/mol. The van der Waals surface area contributed by atoms with Crippen molar-refractivity contribution in [1.29, 1.82) is 0 Å². The first-order valence-electron chi connectivity index (χ1n) is 12.1. The molecule has 35 heavy (non-hydrogen) atoms. The number of benzene rings is 2. The van der Waals surface area contributed by atoms with Gasteiger partial charge < -0.3 is 14.6 Å². The second-order valence-corrected chi connectivity index (χ2v) is 10.0. The van der Waals surface area contributed by atoms with Crippen molar-refractivity contribution in [3.05, 3.63) is 58.3 Å². The van der Waals surface area contributed by atoms with Gasteiger partial charge in [0.1, 0.15) is 24.7 Å². The van der Waals surface area contributed by atoms with E-state index in [1.807, 2.05) is 41.1 Å². The molecule has 2 aliphatic rings. The van der Waals surface area contributed by atoms with E-state index in [1.165, 1.54) is 0 Å². The van der Waals surface area contributed by atoms with Crippen molar-refractivity contribution in [3.8, 4) is 11.5 Å². The molecular formula is C27H30ClN3O4. The molecular weight excluding hydrogens is 466 g/mol. The lowest BCUT2D eigenvalue weighted by Crippen LogP contribution is -2.40. The summed E-state index contributed by atoms with van der Waals surface area (Å²) in [6.07, 6.45) is 3.83. The van der Waals surface area contributed by atoms with Gasteiger partial charge >= 0.3 is 5.97 Å². The molecule has 5 rings (SSSR count). The number of carboxylic acid groups (broad SMARTS) is 1. The summed E-state index contributed by atoms with van der Waals surface area (Å²) in [6, 6.07) is 12.2. The molecule has 1 atom stereocenters. The zero-order chi connectivity index (χ0) is 24.5. The minimum atomic E-state index is -0.699. The second kappa shape index (κ2) is 9.91. The van der Waals surface area contributed by atoms with Crippen LogP contribution in [0.3, 0.4) is 0 Å². The van der Waals surface area contributed by atoms with Crippen LogP contribution in [0.25, 0.3) is 17.0 Å². The van der Waals surface area contributed by atoms with Gasteiger partial charge in [-0.3, -0.25) is 14.4 Å². The minimum Gasteiger partial charge on any atom is -0.489 e. The Bertz CT molecular complexity index is 1280. The molecule has 1 N–H and O–H groups in total. The molecule has 0 bridgehead atoms. The lowest BCUT2D eigenvalue weighted by atomic mass is 9.97. The maximum Gasteiger partial charge on any atom is 0.307 e. The van der Waals surface area contributed by atoms with Crippen molar-refractivity contribution >= 4 is 34.5 Å². The number of halogens is 1. The molecule has 0 unspecified atom stereocenters. The number of hydrogen-bond acceptors (Lipinski definition) is 5. The Balaban J connectivity index is 1.23. The van der Waals surface area contributed by atoms with Gasteiger partial charge in [0.05, 0.1) is 11.4 Å². The molecule has 1 fully saturated rings. The summed E-state index contributed by atoms with van der Waals surface area (Å²) >= 11 is 6.36. The normalized spacial score (nSPS) is 18.3. The smallest absolute Gasteiger partial charge is 0.307 e. The van der Waals surface area contributed by atoms with E-state index in [-0.39, 0.29) is 12.0 Å². The maximum atomic E-state index is 11.3. The molecule has 2 aromatic carbocycles. The third-order valence-corrected chi connectivity index (χ3v) is 6.94. The van der Waals surface area contributed by atoms with Gasteiger partial charge in [-0.25, -0.2) is 0 Å². The van der Waals surface area contributed by atoms with Gasteiger partial charge in [0.2, 0.25) is 0 Å². The molecule has 0 saturated carbocycles. The molecule has 0 amide bonds. The lowest BCUT2D eigenvalue weighted by molar-refractivity contribution is -0.143. The molecule has 2 aliphatic heterocycles. The van der Waals surface area contributed by atoms with Crippen LogP contribution in [0.5, 0.6) is 11.5 Å². The number of aromatic nitrogens is 2. The lowest BCUT2D eigenvalue weighted by Gasteiger charge is -2.32. The number of piperidine rings is 1. The highest BCUT2D eigenvalue weighted by Crippen LogP contribution is 2.32. The quantitative estimate of drug-likeness (QED) is 0.471. The molecule has 3 aromatic rings. The fourth-order valence-electron chi connectivity index (χ4n) is 4.86. The van der Waals surface area contributed by atoms with Crippen molar-refractivity contribution in [3.63, 3.8) is 0 Å². The number of carbonyl (C=O) groups is 1. The van der Waals surface area contributed by atoms with Crippen LogP contribution in [0.1, 0.15) is 43.9 Å². The van der Waals surface area contributed by atoms with Crippen LogP contribution in [0, 0.1) is 5.92 Å². The summed E-state index contributed by atoms with van der Waals surface area (Å²) in [5, 5.41) is 15.2. The number of carboxylic acids is 1. The summed E-state index contributed by atoms with van der Waals surface area (Å²) < 4.78 is 14.0. The zero-order valence-corrected chi connectivity index (χ0v) is 20.8. The van der Waals surface area contributed by atoms with E-state index in [1.54, 1.807) is 0 Å². The highest BCUT2D eigenvalue weighted by Gasteiger charge is 2.26. The van der Waals surface area contributed by atoms with Crippen LogP contribution in [-0.4, -0.2) is 52.0 Å². The van der Waals surface area contributed by atoms with Gasteiger partial charge in [0.25, 0.3) is 0 Å². The van der Waals surface area contributed by atoms with Crippen LogP contribution >= 0.6 is 11.6 Å². The number of nitrogens with zero attached hydrogens (tertiary/aromatic N) is 3. The first-order valence-corrected chi connectivity index (χ1v) is 12.5. The van der Waals surface area contributed by atoms with Crippen LogP contribution in [0.15, 0.2) is 42.0 Å². The van der Waals surface area contributed by atoms with Gasteiger partial charge in [-0.05, 0) is 74.7 Å². The molecule has 8 heteroatoms. The standard InChI is InChI=1S/C27H30ClN3O4/c1-17(2)31-24-8-5-18(11-23(24)26(28)29-31)15-34-22-7-6-20-10-19(16-35-25(20)12-22)13-30-9-3-4-21(14-30)27(32)33/h5-8,10-12,17,21H,3-4,9,13-16H2,1-2H3,(H,32,33)/t21-/m1/s1. The molecule has 0 radical (unpaired) electrons. The van der Waals surface area contributed by atoms with E-state index < -0.39 is 5.97 Å². The summed E-state index contributed by atoms with van der Waals surface area (Å²) in [7, 11) is 0. The van der Waals surface area contributed by atoms with E-state index in [0.29, 0.717) is 24.9 Å². The number of hydrogen-bond donors (Lipinski definition) is 1. The Kier molecular flexibility index (Phi) is 6.71. The van der Waals surface area contributed by atoms with Crippen molar-refractivity contribution < 1.29 is 19.4 Å². The van der Waals surface area contributed by atoms with Crippen LogP contribution in [0.2, 0.25) is 5.15 Å². The fourth-order valence-corrected chi connectivity index (χ4v) is 5.09. The Morgan fingerprint density at radius 2 is 2.14 bits per heavy atom. The van der Waals surface area contributed by atoms with Crippen molar-refractivity contribution in [1.82, 2.24) is 14.7 Å². The highest BCUT2D eigenvalue weighted by molar-refractivity contribution is 6.34. The summed E-state index contributed by atoms with van der Waals surface area (Å²) in [6.45, 7) is 7.34. The molecule has 0 aliphatic carbocycles. The first-order chi connectivity index (χ1) is 16.9. The van der Waals surface area contributed by atoms with E-state index >= 15 is 0 Å². The fraction of sp³-hybridized carbons (Fsp3) is 0.407. The Morgan fingerprint density at radius 3 is 2.94 bits per heavy atom. The van der Waals surface area contributed by atoms with Crippen molar-refractivity contribution in [2.45, 2.75) is 39.3 Å². The third-order valence-electron chi connectivity index (χ3n) is 6.66. The van der Waals surface area contributed by atoms with Crippen LogP contribution < -0.4 is 9.47 Å². The van der Waals surface area contributed by atoms with Crippen LogP contribution in [-0.2, 0) is 11.4 Å². The number of rotatable bonds is 7. The van der Waals surface area contributed by atoms with Gasteiger partial charge in [0, 0.05) is 36.1 Å². The Hall–Kier alpha value is -3.03. The summed E-state index contributed by atoms with van der Waals surface area (Å²) in [4.78, 5) is 13.6. The first kappa shape index (κ1) is 23.7. The number of aliphatic carboxylic acids is 1. The van der Waals surface area contributed by atoms with E-state index in [2.05, 4.69) is 29.9 Å². The number of fused-ring (bicyclic) bond motifs is 2. The number of ether oxygens (including phenoxy) is 2. The topological polar surface area (TPSA) is 76.8 Å². The third kappa shape index (κ3) is 5.16. The summed E-state index contributed by atoms with van der Waals surface area (Å²) in [5.74, 6) is 0.564. The molecule has 7 nitrogen and oxygen atoms in total. The maximum absolute atomic E-state index is 11.3. The largest absolute Gasteiger partial charge is 0.489 e. The predicted octanol–water partition coefficient (Wildman–Crippen LogP) is 5.42. The van der Waals surface area contributed by atoms with Crippen molar-refractivity contribution in [2.75, 3.05) is 26.2 Å². The molecule has 3 heterocycles. The minimum absolute atomic E-state index is 0.235. The Labute approximate surface area is 209 Å².